The van der Waals surface area contributed by atoms with Gasteiger partial charge in [0, 0.05) is 27.9 Å². The Bertz CT molecular complexity index is 3290. The SMILES string of the molecule is CC1(C)c2ccccc2-c2ccc(N(c3ccc(-c4ccccc4)cc3)c3c4c(c5ccccc5c3-c3ccccc3)C(c3ccccc3)(c3ccccc3)c3ccccc3-4)cc21. The molecule has 1 heteroatoms. The van der Waals surface area contributed by atoms with E-state index in [-0.39, 0.29) is 5.41 Å². The normalized spacial score (nSPS) is 13.8. The summed E-state index contributed by atoms with van der Waals surface area (Å²) in [4.78, 5) is 2.59. The maximum atomic E-state index is 2.59. The Kier molecular flexibility index (Phi) is 8.49. The Balaban J connectivity index is 1.26. The van der Waals surface area contributed by atoms with Gasteiger partial charge in [0.1, 0.15) is 0 Å². The van der Waals surface area contributed by atoms with Crippen molar-refractivity contribution in [3.8, 4) is 44.5 Å². The smallest absolute Gasteiger partial charge is 0.0720 e. The Morgan fingerprint density at radius 2 is 0.810 bits per heavy atom. The van der Waals surface area contributed by atoms with E-state index in [1.54, 1.807) is 0 Å². The topological polar surface area (TPSA) is 3.24 Å². The molecule has 1 nitrogen and oxygen atoms in total. The van der Waals surface area contributed by atoms with Crippen molar-refractivity contribution in [3.63, 3.8) is 0 Å². The van der Waals surface area contributed by atoms with Crippen LogP contribution in [0, 0.1) is 0 Å². The molecule has 2 aliphatic rings. The minimum Gasteiger partial charge on any atom is -0.309 e. The molecule has 0 unspecified atom stereocenters. The molecular formula is C62H45N. The lowest BCUT2D eigenvalue weighted by Crippen LogP contribution is -2.29. The first kappa shape index (κ1) is 37.1. The minimum atomic E-state index is -0.609. The van der Waals surface area contributed by atoms with Gasteiger partial charge in [-0.25, -0.2) is 0 Å². The summed E-state index contributed by atoms with van der Waals surface area (Å²) in [6.45, 7) is 4.77. The van der Waals surface area contributed by atoms with Crippen molar-refractivity contribution >= 4 is 27.8 Å². The molecule has 0 atom stereocenters. The summed E-state index contributed by atoms with van der Waals surface area (Å²) in [6.07, 6.45) is 0. The van der Waals surface area contributed by atoms with E-state index in [9.17, 15) is 0 Å². The zero-order valence-corrected chi connectivity index (χ0v) is 35.5. The van der Waals surface area contributed by atoms with Gasteiger partial charge in [-0.05, 0) is 102 Å². The lowest BCUT2D eigenvalue weighted by Gasteiger charge is -2.37. The van der Waals surface area contributed by atoms with Crippen molar-refractivity contribution in [1.82, 2.24) is 0 Å². The summed E-state index contributed by atoms with van der Waals surface area (Å²) in [6, 6.07) is 88.0. The molecular weight excluding hydrogens is 759 g/mol. The van der Waals surface area contributed by atoms with Gasteiger partial charge in [0.05, 0.1) is 11.1 Å². The highest BCUT2D eigenvalue weighted by atomic mass is 15.1. The Morgan fingerprint density at radius 3 is 1.46 bits per heavy atom. The lowest BCUT2D eigenvalue weighted by molar-refractivity contribution is 0.660. The first-order valence-electron chi connectivity index (χ1n) is 22.1. The van der Waals surface area contributed by atoms with Gasteiger partial charge in [0.15, 0.2) is 0 Å². The van der Waals surface area contributed by atoms with Crippen LogP contribution in [0.15, 0.2) is 237 Å². The van der Waals surface area contributed by atoms with E-state index >= 15 is 0 Å². The molecule has 12 rings (SSSR count). The average Bonchev–Trinajstić information content (AvgIpc) is 3.79. The molecule has 10 aromatic carbocycles. The second-order valence-electron chi connectivity index (χ2n) is 17.6. The first-order chi connectivity index (χ1) is 31.0. The van der Waals surface area contributed by atoms with Crippen LogP contribution in [0.2, 0.25) is 0 Å². The molecule has 0 radical (unpaired) electrons. The number of hydrogen-bond acceptors (Lipinski definition) is 1. The highest BCUT2D eigenvalue weighted by molar-refractivity contribution is 6.16. The number of fused-ring (bicyclic) bond motifs is 8. The third kappa shape index (κ3) is 5.49. The molecule has 298 valence electrons. The molecule has 63 heavy (non-hydrogen) atoms. The largest absolute Gasteiger partial charge is 0.309 e. The number of hydrogen-bond donors (Lipinski definition) is 0. The summed E-state index contributed by atoms with van der Waals surface area (Å²) in [5.74, 6) is 0. The summed E-state index contributed by atoms with van der Waals surface area (Å²) in [5.41, 5.74) is 20.4. The standard InChI is InChI=1S/C62H45N/c1-61(2)54-33-19-17-29-49(54)50-40-39-48(41-56(50)61)63(47-37-35-43(36-38-47)42-21-7-3-8-22-42)60-57(44-23-9-4-10-24-44)51-30-15-16-31-52(51)59-58(60)53-32-18-20-34-55(53)62(59,45-25-11-5-12-26-45)46-27-13-6-14-28-46/h3-41H,1-2H3. The molecule has 0 aliphatic heterocycles. The fraction of sp³-hybridized carbons (Fsp3) is 0.0645. The van der Waals surface area contributed by atoms with E-state index in [0.717, 1.165) is 11.4 Å². The minimum absolute atomic E-state index is 0.180. The van der Waals surface area contributed by atoms with Crippen molar-refractivity contribution in [2.75, 3.05) is 4.90 Å². The van der Waals surface area contributed by atoms with Gasteiger partial charge in [-0.1, -0.05) is 226 Å². The van der Waals surface area contributed by atoms with Crippen LogP contribution in [0.4, 0.5) is 17.1 Å². The second-order valence-corrected chi connectivity index (χ2v) is 17.6. The lowest BCUT2D eigenvalue weighted by atomic mass is 9.66. The van der Waals surface area contributed by atoms with Crippen molar-refractivity contribution in [2.45, 2.75) is 24.7 Å². The number of anilines is 3. The first-order valence-corrected chi connectivity index (χ1v) is 22.1. The molecule has 0 amide bonds. The Hall–Kier alpha value is -7.74. The third-order valence-electron chi connectivity index (χ3n) is 13.9. The van der Waals surface area contributed by atoms with Gasteiger partial charge in [0.2, 0.25) is 0 Å². The van der Waals surface area contributed by atoms with Crippen LogP contribution in [0.3, 0.4) is 0 Å². The average molecular weight is 804 g/mol. The van der Waals surface area contributed by atoms with Crippen LogP contribution >= 0.6 is 0 Å². The Morgan fingerprint density at radius 1 is 0.333 bits per heavy atom. The van der Waals surface area contributed by atoms with Gasteiger partial charge in [-0.15, -0.1) is 0 Å². The van der Waals surface area contributed by atoms with E-state index in [1.807, 2.05) is 0 Å². The van der Waals surface area contributed by atoms with E-state index in [4.69, 9.17) is 0 Å². The van der Waals surface area contributed by atoms with Crippen molar-refractivity contribution in [3.05, 3.63) is 270 Å². The highest BCUT2D eigenvalue weighted by Gasteiger charge is 2.49. The molecule has 10 aromatic rings. The number of benzene rings is 10. The van der Waals surface area contributed by atoms with E-state index in [1.165, 1.54) is 94.3 Å². The molecule has 0 fully saturated rings. The van der Waals surface area contributed by atoms with Gasteiger partial charge in [-0.2, -0.15) is 0 Å². The molecule has 0 aromatic heterocycles. The molecule has 0 saturated heterocycles. The molecule has 0 bridgehead atoms. The maximum Gasteiger partial charge on any atom is 0.0720 e. The molecule has 0 heterocycles. The predicted octanol–water partition coefficient (Wildman–Crippen LogP) is 16.3. The highest BCUT2D eigenvalue weighted by Crippen LogP contribution is 2.64. The zero-order valence-electron chi connectivity index (χ0n) is 35.5. The predicted molar refractivity (Wildman–Crippen MR) is 264 cm³/mol. The van der Waals surface area contributed by atoms with E-state index < -0.39 is 5.41 Å². The van der Waals surface area contributed by atoms with Crippen LogP contribution in [0.25, 0.3) is 55.3 Å². The van der Waals surface area contributed by atoms with Gasteiger partial charge in [-0.3, -0.25) is 0 Å². The van der Waals surface area contributed by atoms with Crippen LogP contribution in [0.5, 0.6) is 0 Å². The summed E-state index contributed by atoms with van der Waals surface area (Å²) < 4.78 is 0. The fourth-order valence-electron chi connectivity index (χ4n) is 11.2. The molecule has 0 spiro atoms. The van der Waals surface area contributed by atoms with Crippen LogP contribution in [0.1, 0.15) is 47.2 Å². The quantitative estimate of drug-likeness (QED) is 0.155. The van der Waals surface area contributed by atoms with Gasteiger partial charge in [0.25, 0.3) is 0 Å². The van der Waals surface area contributed by atoms with Gasteiger partial charge >= 0.3 is 0 Å². The Labute approximate surface area is 370 Å². The maximum absolute atomic E-state index is 2.59. The summed E-state index contributed by atoms with van der Waals surface area (Å²) in [7, 11) is 0. The van der Waals surface area contributed by atoms with Gasteiger partial charge < -0.3 is 4.90 Å². The van der Waals surface area contributed by atoms with E-state index in [0.29, 0.717) is 0 Å². The van der Waals surface area contributed by atoms with Crippen molar-refractivity contribution in [2.24, 2.45) is 0 Å². The van der Waals surface area contributed by atoms with Crippen molar-refractivity contribution < 1.29 is 0 Å². The molecule has 2 aliphatic carbocycles. The zero-order chi connectivity index (χ0) is 42.1. The van der Waals surface area contributed by atoms with Crippen LogP contribution in [-0.2, 0) is 10.8 Å². The monoisotopic (exact) mass is 803 g/mol. The second kappa shape index (κ2) is 14.4. The number of nitrogens with zero attached hydrogens (tertiary/aromatic N) is 1. The molecule has 0 N–H and O–H groups in total. The summed E-state index contributed by atoms with van der Waals surface area (Å²) in [5, 5.41) is 2.48. The number of rotatable bonds is 7. The van der Waals surface area contributed by atoms with Crippen LogP contribution < -0.4 is 4.90 Å². The third-order valence-corrected chi connectivity index (χ3v) is 13.9. The fourth-order valence-corrected chi connectivity index (χ4v) is 11.2. The van der Waals surface area contributed by atoms with Crippen LogP contribution in [-0.4, -0.2) is 0 Å². The summed E-state index contributed by atoms with van der Waals surface area (Å²) >= 11 is 0. The van der Waals surface area contributed by atoms with Crippen molar-refractivity contribution in [1.29, 1.82) is 0 Å². The van der Waals surface area contributed by atoms with E-state index in [2.05, 4.69) is 255 Å². The molecule has 0 saturated carbocycles.